The number of aromatic nitrogens is 1. The largest absolute Gasteiger partial charge is 0.478 e. The van der Waals surface area contributed by atoms with Crippen molar-refractivity contribution in [2.45, 2.75) is 27.2 Å². The van der Waals surface area contributed by atoms with Gasteiger partial charge >= 0.3 is 5.97 Å². The van der Waals surface area contributed by atoms with E-state index < -0.39 is 5.97 Å². The van der Waals surface area contributed by atoms with Gasteiger partial charge in [0.1, 0.15) is 10.6 Å². The van der Waals surface area contributed by atoms with Crippen LogP contribution in [0.5, 0.6) is 0 Å². The molecule has 1 amide bonds. The lowest BCUT2D eigenvalue weighted by molar-refractivity contribution is -0.120. The van der Waals surface area contributed by atoms with Crippen LogP contribution in [0.3, 0.4) is 0 Å². The van der Waals surface area contributed by atoms with Gasteiger partial charge in [0.2, 0.25) is 5.91 Å². The Bertz CT molecular complexity index is 471. The Labute approximate surface area is 116 Å². The second-order valence-corrected chi connectivity index (χ2v) is 5.60. The molecule has 0 aliphatic carbocycles. The van der Waals surface area contributed by atoms with Gasteiger partial charge in [-0.2, -0.15) is 4.37 Å². The third-order valence-electron chi connectivity index (χ3n) is 2.72. The lowest BCUT2D eigenvalue weighted by Gasteiger charge is -2.16. The number of amides is 1. The average molecular weight is 285 g/mol. The van der Waals surface area contributed by atoms with E-state index in [2.05, 4.69) is 9.69 Å². The van der Waals surface area contributed by atoms with Crippen LogP contribution in [-0.4, -0.2) is 27.9 Å². The van der Waals surface area contributed by atoms with Crippen LogP contribution in [-0.2, 0) is 4.79 Å². The van der Waals surface area contributed by atoms with Gasteiger partial charge in [0.15, 0.2) is 0 Å². The first kappa shape index (κ1) is 15.6. The van der Waals surface area contributed by atoms with Crippen LogP contribution in [0.15, 0.2) is 0 Å². The number of carbonyl (C=O) groups is 2. The summed E-state index contributed by atoms with van der Waals surface area (Å²) in [6, 6.07) is 0. The number of carboxylic acids is 1. The predicted molar refractivity (Wildman–Crippen MR) is 74.4 cm³/mol. The van der Waals surface area contributed by atoms with E-state index in [1.807, 2.05) is 13.8 Å². The van der Waals surface area contributed by atoms with Crippen LogP contribution in [0.25, 0.3) is 0 Å². The minimum atomic E-state index is -1.09. The fourth-order valence-electron chi connectivity index (χ4n) is 1.80. The highest BCUT2D eigenvalue weighted by molar-refractivity contribution is 7.11. The first-order valence-electron chi connectivity index (χ1n) is 6.07. The van der Waals surface area contributed by atoms with Gasteiger partial charge in [0.25, 0.3) is 0 Å². The monoisotopic (exact) mass is 285 g/mol. The van der Waals surface area contributed by atoms with Crippen molar-refractivity contribution in [2.24, 2.45) is 17.6 Å². The number of hydrogen-bond donors (Lipinski definition) is 3. The minimum absolute atomic E-state index is 0.0543. The van der Waals surface area contributed by atoms with Gasteiger partial charge in [-0.05, 0) is 30.8 Å². The molecular formula is C12H19N3O3S. The van der Waals surface area contributed by atoms with Gasteiger partial charge in [0.05, 0.1) is 11.6 Å². The Morgan fingerprint density at radius 2 is 2.11 bits per heavy atom. The maximum Gasteiger partial charge on any atom is 0.340 e. The van der Waals surface area contributed by atoms with E-state index in [4.69, 9.17) is 10.8 Å². The molecule has 0 aromatic carbocycles. The molecule has 106 valence electrons. The summed E-state index contributed by atoms with van der Waals surface area (Å²) in [5.41, 5.74) is 6.05. The number of carbonyl (C=O) groups excluding carboxylic acids is 1. The molecule has 1 heterocycles. The Morgan fingerprint density at radius 3 is 2.58 bits per heavy atom. The third kappa shape index (κ3) is 4.00. The molecule has 0 radical (unpaired) electrons. The highest BCUT2D eigenvalue weighted by atomic mass is 32.1. The summed E-state index contributed by atoms with van der Waals surface area (Å²) in [4.78, 5) is 23.2. The molecule has 0 bridgehead atoms. The second kappa shape index (κ2) is 6.63. The Kier molecular flexibility index (Phi) is 5.44. The molecule has 0 aliphatic heterocycles. The normalized spacial score (nSPS) is 12.5. The Hall–Kier alpha value is -1.47. The molecular weight excluding hydrogens is 266 g/mol. The topological polar surface area (TPSA) is 105 Å². The summed E-state index contributed by atoms with van der Waals surface area (Å²) in [5, 5.41) is 12.0. The third-order valence-corrected chi connectivity index (χ3v) is 3.58. The first-order chi connectivity index (χ1) is 8.86. The van der Waals surface area contributed by atoms with E-state index in [0.29, 0.717) is 18.0 Å². The van der Waals surface area contributed by atoms with Gasteiger partial charge in [0, 0.05) is 6.54 Å². The van der Waals surface area contributed by atoms with E-state index in [9.17, 15) is 9.59 Å². The molecule has 1 aromatic heterocycles. The molecule has 0 fully saturated rings. The predicted octanol–water partition coefficient (Wildman–Crippen LogP) is 1.71. The van der Waals surface area contributed by atoms with Gasteiger partial charge < -0.3 is 16.2 Å². The van der Waals surface area contributed by atoms with E-state index >= 15 is 0 Å². The fourth-order valence-corrected chi connectivity index (χ4v) is 2.59. The first-order valence-corrected chi connectivity index (χ1v) is 6.84. The van der Waals surface area contributed by atoms with E-state index in [0.717, 1.165) is 11.5 Å². The van der Waals surface area contributed by atoms with Crippen molar-refractivity contribution in [3.05, 3.63) is 11.3 Å². The number of nitrogens with two attached hydrogens (primary N) is 1. The van der Waals surface area contributed by atoms with Crippen molar-refractivity contribution >= 4 is 28.4 Å². The molecule has 7 heteroatoms. The lowest BCUT2D eigenvalue weighted by atomic mass is 9.96. The van der Waals surface area contributed by atoms with Gasteiger partial charge in [-0.15, -0.1) is 0 Å². The number of rotatable bonds is 6. The van der Waals surface area contributed by atoms with Crippen LogP contribution in [0.4, 0.5) is 5.00 Å². The summed E-state index contributed by atoms with van der Waals surface area (Å²) >= 11 is 0.976. The van der Waals surface area contributed by atoms with Crippen LogP contribution in [0, 0.1) is 18.8 Å². The zero-order valence-electron chi connectivity index (χ0n) is 11.3. The molecule has 1 atom stereocenters. The molecule has 6 nitrogen and oxygen atoms in total. The molecule has 1 rings (SSSR count). The highest BCUT2D eigenvalue weighted by Crippen LogP contribution is 2.25. The zero-order chi connectivity index (χ0) is 14.6. The molecule has 0 spiro atoms. The van der Waals surface area contributed by atoms with Crippen LogP contribution in [0.1, 0.15) is 36.3 Å². The highest BCUT2D eigenvalue weighted by Gasteiger charge is 2.23. The zero-order valence-corrected chi connectivity index (χ0v) is 12.1. The fraction of sp³-hybridized carbons (Fsp3) is 0.583. The number of aryl methyl sites for hydroxylation is 1. The average Bonchev–Trinajstić information content (AvgIpc) is 2.66. The van der Waals surface area contributed by atoms with Gasteiger partial charge in [-0.25, -0.2) is 4.79 Å². The molecule has 0 aliphatic rings. The van der Waals surface area contributed by atoms with Crippen molar-refractivity contribution in [2.75, 3.05) is 11.9 Å². The molecule has 1 aromatic rings. The second-order valence-electron chi connectivity index (χ2n) is 4.83. The summed E-state index contributed by atoms with van der Waals surface area (Å²) in [6.07, 6.45) is 0.669. The lowest BCUT2D eigenvalue weighted by Crippen LogP contribution is -2.30. The molecule has 4 N–H and O–H groups in total. The van der Waals surface area contributed by atoms with Crippen molar-refractivity contribution in [1.29, 1.82) is 0 Å². The number of nitrogens with one attached hydrogen (secondary N) is 1. The van der Waals surface area contributed by atoms with Crippen molar-refractivity contribution in [3.8, 4) is 0 Å². The molecule has 0 saturated heterocycles. The van der Waals surface area contributed by atoms with Gasteiger partial charge in [-0.3, -0.25) is 4.79 Å². The van der Waals surface area contributed by atoms with E-state index in [1.165, 1.54) is 0 Å². The molecule has 19 heavy (non-hydrogen) atoms. The SMILES string of the molecule is Cc1nsc(NC(=O)C(CN)CC(C)C)c1C(=O)O. The van der Waals surface area contributed by atoms with Crippen LogP contribution in [0.2, 0.25) is 0 Å². The molecule has 0 saturated carbocycles. The Morgan fingerprint density at radius 1 is 1.47 bits per heavy atom. The Balaban J connectivity index is 2.84. The van der Waals surface area contributed by atoms with Crippen molar-refractivity contribution < 1.29 is 14.7 Å². The number of nitrogens with zero attached hydrogens (tertiary/aromatic N) is 1. The quantitative estimate of drug-likeness (QED) is 0.738. The van der Waals surface area contributed by atoms with Gasteiger partial charge in [-0.1, -0.05) is 13.8 Å². The van der Waals surface area contributed by atoms with Crippen LogP contribution < -0.4 is 11.1 Å². The molecule has 1 unspecified atom stereocenters. The number of aromatic carboxylic acids is 1. The number of carboxylic acid groups (broad SMARTS) is 1. The standard InChI is InChI=1S/C12H19N3O3S/c1-6(2)4-8(5-13)10(16)14-11-9(12(17)18)7(3)15-19-11/h6,8H,4-5,13H2,1-3H3,(H,14,16)(H,17,18). The maximum atomic E-state index is 12.1. The number of anilines is 1. The smallest absolute Gasteiger partial charge is 0.340 e. The van der Waals surface area contributed by atoms with E-state index in [1.54, 1.807) is 6.92 Å². The number of hydrogen-bond acceptors (Lipinski definition) is 5. The maximum absolute atomic E-state index is 12.1. The van der Waals surface area contributed by atoms with E-state index in [-0.39, 0.29) is 28.9 Å². The summed E-state index contributed by atoms with van der Waals surface area (Å²) in [7, 11) is 0. The van der Waals surface area contributed by atoms with Crippen LogP contribution >= 0.6 is 11.5 Å². The van der Waals surface area contributed by atoms with Crippen molar-refractivity contribution in [1.82, 2.24) is 4.37 Å². The summed E-state index contributed by atoms with van der Waals surface area (Å²) in [6.45, 7) is 5.86. The van der Waals surface area contributed by atoms with Crippen molar-refractivity contribution in [3.63, 3.8) is 0 Å². The summed E-state index contributed by atoms with van der Waals surface area (Å²) < 4.78 is 3.95. The minimum Gasteiger partial charge on any atom is -0.478 e. The summed E-state index contributed by atoms with van der Waals surface area (Å²) in [5.74, 6) is -1.30.